The molecule has 0 aromatic heterocycles. The highest BCUT2D eigenvalue weighted by atomic mass is 16.5. The third-order valence-corrected chi connectivity index (χ3v) is 1.49. The number of esters is 1. The average Bonchev–Trinajstić information content (AvgIpc) is 2.13. The highest BCUT2D eigenvalue weighted by Gasteiger charge is 2.01. The minimum Gasteiger partial charge on any atom is -0.466 e. The lowest BCUT2D eigenvalue weighted by Gasteiger charge is -2.05. The van der Waals surface area contributed by atoms with E-state index in [0.717, 1.165) is 0 Å². The fourth-order valence-corrected chi connectivity index (χ4v) is 0.891. The Kier molecular flexibility index (Phi) is 7.59. The van der Waals surface area contributed by atoms with Crippen molar-refractivity contribution in [2.75, 3.05) is 19.7 Å². The second-order valence-electron chi connectivity index (χ2n) is 2.69. The molecule has 0 atom stereocenters. The van der Waals surface area contributed by atoms with Crippen molar-refractivity contribution >= 4 is 12.0 Å². The number of carbonyl (C=O) groups excluding carboxylic acids is 2. The van der Waals surface area contributed by atoms with Crippen LogP contribution in [0.4, 0.5) is 4.79 Å². The quantitative estimate of drug-likeness (QED) is 0.491. The Bertz CT molecular complexity index is 163. The van der Waals surface area contributed by atoms with E-state index >= 15 is 0 Å². The standard InChI is InChI=1S/C9H18N2O3/c1-3-10-9(13)11-7-5-6-8(12)14-4-2/h3-7H2,1-2H3,(H2,10,11,13). The Morgan fingerprint density at radius 2 is 1.93 bits per heavy atom. The van der Waals surface area contributed by atoms with E-state index in [4.69, 9.17) is 4.74 Å². The van der Waals surface area contributed by atoms with Gasteiger partial charge in [0.25, 0.3) is 0 Å². The number of rotatable bonds is 6. The first-order valence-corrected chi connectivity index (χ1v) is 4.88. The van der Waals surface area contributed by atoms with Crippen molar-refractivity contribution in [1.29, 1.82) is 0 Å². The maximum atomic E-state index is 10.9. The molecule has 0 aliphatic heterocycles. The maximum absolute atomic E-state index is 10.9. The molecule has 0 saturated heterocycles. The van der Waals surface area contributed by atoms with Gasteiger partial charge in [0.15, 0.2) is 0 Å². The van der Waals surface area contributed by atoms with Crippen LogP contribution in [0, 0.1) is 0 Å². The van der Waals surface area contributed by atoms with E-state index in [1.807, 2.05) is 6.92 Å². The van der Waals surface area contributed by atoms with Crippen LogP contribution in [-0.2, 0) is 9.53 Å². The molecule has 0 spiro atoms. The fourth-order valence-electron chi connectivity index (χ4n) is 0.891. The zero-order valence-corrected chi connectivity index (χ0v) is 8.76. The Morgan fingerprint density at radius 3 is 2.50 bits per heavy atom. The predicted octanol–water partition coefficient (Wildman–Crippen LogP) is 0.649. The van der Waals surface area contributed by atoms with Gasteiger partial charge in [-0.25, -0.2) is 4.79 Å². The molecule has 2 amide bonds. The zero-order chi connectivity index (χ0) is 10.8. The van der Waals surface area contributed by atoms with Crippen LogP contribution in [0.15, 0.2) is 0 Å². The molecular formula is C9H18N2O3. The van der Waals surface area contributed by atoms with Gasteiger partial charge in [-0.1, -0.05) is 0 Å². The Hall–Kier alpha value is -1.26. The molecule has 5 heteroatoms. The van der Waals surface area contributed by atoms with Gasteiger partial charge in [-0.3, -0.25) is 4.79 Å². The lowest BCUT2D eigenvalue weighted by molar-refractivity contribution is -0.143. The van der Waals surface area contributed by atoms with Crippen molar-refractivity contribution in [1.82, 2.24) is 10.6 Å². The predicted molar refractivity (Wildman–Crippen MR) is 52.9 cm³/mol. The molecule has 2 N–H and O–H groups in total. The Labute approximate surface area is 84.2 Å². The topological polar surface area (TPSA) is 67.4 Å². The number of carbonyl (C=O) groups is 2. The lowest BCUT2D eigenvalue weighted by Crippen LogP contribution is -2.35. The molecule has 0 radical (unpaired) electrons. The zero-order valence-electron chi connectivity index (χ0n) is 8.76. The summed E-state index contributed by atoms with van der Waals surface area (Å²) in [6.45, 7) is 5.11. The van der Waals surface area contributed by atoms with Gasteiger partial charge in [0.05, 0.1) is 6.61 Å². The van der Waals surface area contributed by atoms with Crippen molar-refractivity contribution in [2.45, 2.75) is 26.7 Å². The third kappa shape index (κ3) is 7.39. The normalized spacial score (nSPS) is 9.29. The van der Waals surface area contributed by atoms with E-state index in [-0.39, 0.29) is 12.0 Å². The van der Waals surface area contributed by atoms with Crippen molar-refractivity contribution in [3.05, 3.63) is 0 Å². The van der Waals surface area contributed by atoms with Gasteiger partial charge in [0, 0.05) is 19.5 Å². The van der Waals surface area contributed by atoms with Crippen molar-refractivity contribution in [2.24, 2.45) is 0 Å². The number of nitrogens with one attached hydrogen (secondary N) is 2. The van der Waals surface area contributed by atoms with Crippen LogP contribution in [0.3, 0.4) is 0 Å². The summed E-state index contributed by atoms with van der Waals surface area (Å²) in [5.74, 6) is -0.217. The summed E-state index contributed by atoms with van der Waals surface area (Å²) in [5.41, 5.74) is 0. The lowest BCUT2D eigenvalue weighted by atomic mass is 10.3. The minimum absolute atomic E-state index is 0.198. The van der Waals surface area contributed by atoms with Gasteiger partial charge in [0.2, 0.25) is 0 Å². The highest BCUT2D eigenvalue weighted by Crippen LogP contribution is 1.90. The largest absolute Gasteiger partial charge is 0.466 e. The summed E-state index contributed by atoms with van der Waals surface area (Å²) in [7, 11) is 0. The molecule has 5 nitrogen and oxygen atoms in total. The van der Waals surface area contributed by atoms with Gasteiger partial charge < -0.3 is 15.4 Å². The number of urea groups is 1. The van der Waals surface area contributed by atoms with Crippen LogP contribution in [-0.4, -0.2) is 31.7 Å². The molecule has 0 heterocycles. The molecule has 14 heavy (non-hydrogen) atoms. The first-order chi connectivity index (χ1) is 6.70. The molecule has 0 unspecified atom stereocenters. The molecule has 0 aromatic carbocycles. The van der Waals surface area contributed by atoms with Crippen LogP contribution < -0.4 is 10.6 Å². The van der Waals surface area contributed by atoms with Crippen LogP contribution >= 0.6 is 0 Å². The van der Waals surface area contributed by atoms with Crippen molar-refractivity contribution in [3.63, 3.8) is 0 Å². The Morgan fingerprint density at radius 1 is 1.21 bits per heavy atom. The molecule has 0 aliphatic rings. The van der Waals surface area contributed by atoms with E-state index in [1.165, 1.54) is 0 Å². The average molecular weight is 202 g/mol. The monoisotopic (exact) mass is 202 g/mol. The molecule has 0 bridgehead atoms. The summed E-state index contributed by atoms with van der Waals surface area (Å²) in [6, 6.07) is -0.198. The van der Waals surface area contributed by atoms with Gasteiger partial charge in [0.1, 0.15) is 0 Å². The van der Waals surface area contributed by atoms with E-state index in [0.29, 0.717) is 32.5 Å². The fraction of sp³-hybridized carbons (Fsp3) is 0.778. The smallest absolute Gasteiger partial charge is 0.314 e. The summed E-state index contributed by atoms with van der Waals surface area (Å²) >= 11 is 0. The van der Waals surface area contributed by atoms with Gasteiger partial charge in [-0.05, 0) is 20.3 Å². The van der Waals surface area contributed by atoms with Crippen LogP contribution in [0.2, 0.25) is 0 Å². The Balaban J connectivity index is 3.28. The second-order valence-corrected chi connectivity index (χ2v) is 2.69. The molecule has 0 saturated carbocycles. The first kappa shape index (κ1) is 12.7. The molecule has 0 aliphatic carbocycles. The maximum Gasteiger partial charge on any atom is 0.314 e. The SMILES string of the molecule is CCNC(=O)NCCCC(=O)OCC. The highest BCUT2D eigenvalue weighted by molar-refractivity contribution is 5.73. The van der Waals surface area contributed by atoms with Crippen LogP contribution in [0.1, 0.15) is 26.7 Å². The summed E-state index contributed by atoms with van der Waals surface area (Å²) in [5, 5.41) is 5.22. The van der Waals surface area contributed by atoms with Crippen molar-refractivity contribution in [3.8, 4) is 0 Å². The molecule has 82 valence electrons. The number of ether oxygens (including phenoxy) is 1. The number of hydrogen-bond donors (Lipinski definition) is 2. The van der Waals surface area contributed by atoms with E-state index < -0.39 is 0 Å². The summed E-state index contributed by atoms with van der Waals surface area (Å²) in [6.07, 6.45) is 0.955. The number of hydrogen-bond acceptors (Lipinski definition) is 3. The first-order valence-electron chi connectivity index (χ1n) is 4.88. The van der Waals surface area contributed by atoms with E-state index in [1.54, 1.807) is 6.92 Å². The number of amides is 2. The van der Waals surface area contributed by atoms with Gasteiger partial charge in [-0.15, -0.1) is 0 Å². The molecule has 0 aromatic rings. The molecule has 0 rings (SSSR count). The summed E-state index contributed by atoms with van der Waals surface area (Å²) in [4.78, 5) is 21.7. The molecular weight excluding hydrogens is 184 g/mol. The third-order valence-electron chi connectivity index (χ3n) is 1.49. The van der Waals surface area contributed by atoms with E-state index in [9.17, 15) is 9.59 Å². The van der Waals surface area contributed by atoms with Crippen LogP contribution in [0.5, 0.6) is 0 Å². The van der Waals surface area contributed by atoms with Gasteiger partial charge in [-0.2, -0.15) is 0 Å². The molecule has 0 fully saturated rings. The second kappa shape index (κ2) is 8.34. The minimum atomic E-state index is -0.217. The van der Waals surface area contributed by atoms with E-state index in [2.05, 4.69) is 10.6 Å². The van der Waals surface area contributed by atoms with Gasteiger partial charge >= 0.3 is 12.0 Å². The van der Waals surface area contributed by atoms with Crippen molar-refractivity contribution < 1.29 is 14.3 Å². The van der Waals surface area contributed by atoms with Crippen LogP contribution in [0.25, 0.3) is 0 Å². The summed E-state index contributed by atoms with van der Waals surface area (Å²) < 4.78 is 4.73.